The Hall–Kier alpha value is -3.42. The first-order valence-electron chi connectivity index (χ1n) is 9.77. The third-order valence-corrected chi connectivity index (χ3v) is 4.83. The summed E-state index contributed by atoms with van der Waals surface area (Å²) in [5, 5.41) is 9.22. The highest BCUT2D eigenvalue weighted by Crippen LogP contribution is 2.62. The molecular weight excluding hydrogens is 607 g/mol. The topological polar surface area (TPSA) is 92.7 Å². The van der Waals surface area contributed by atoms with E-state index in [1.807, 2.05) is 0 Å². The fourth-order valence-corrected chi connectivity index (χ4v) is 2.52. The van der Waals surface area contributed by atoms with Crippen LogP contribution in [0.2, 0.25) is 0 Å². The highest BCUT2D eigenvalue weighted by atomic mass is 19.4. The Bertz CT molecular complexity index is 1090. The van der Waals surface area contributed by atoms with Gasteiger partial charge in [-0.2, -0.15) is 65.9 Å². The average molecular weight is 619 g/mol. The van der Waals surface area contributed by atoms with E-state index in [0.717, 1.165) is 0 Å². The van der Waals surface area contributed by atoms with Crippen LogP contribution in [0, 0.1) is 0 Å². The molecule has 0 saturated carbocycles. The quantitative estimate of drug-likeness (QED) is 0.252. The number of benzene rings is 1. The Kier molecular flexibility index (Phi) is 9.40. The van der Waals surface area contributed by atoms with Crippen LogP contribution in [0.5, 0.6) is 0 Å². The Morgan fingerprint density at radius 2 is 1.12 bits per heavy atom. The molecule has 1 rings (SSSR count). The second-order valence-corrected chi connectivity index (χ2v) is 7.66. The summed E-state index contributed by atoms with van der Waals surface area (Å²) in [5.74, 6) is -57.6. The van der Waals surface area contributed by atoms with Crippen LogP contribution in [0.3, 0.4) is 0 Å². The molecule has 1 amide bonds. The van der Waals surface area contributed by atoms with Crippen molar-refractivity contribution in [2.45, 2.75) is 60.8 Å². The number of rotatable bonds is 12. The first-order valence-corrected chi connectivity index (χ1v) is 9.77. The minimum Gasteiger partial charge on any atom is -0.480 e. The molecule has 0 saturated heterocycles. The second-order valence-electron chi connectivity index (χ2n) is 7.66. The number of halogens is 15. The maximum Gasteiger partial charge on any atom is 0.460 e. The summed E-state index contributed by atoms with van der Waals surface area (Å²) >= 11 is 0. The van der Waals surface area contributed by atoms with Crippen LogP contribution < -0.4 is 5.32 Å². The van der Waals surface area contributed by atoms with E-state index in [-0.39, 0.29) is 5.56 Å². The van der Waals surface area contributed by atoms with Gasteiger partial charge in [0.2, 0.25) is 0 Å². The normalized spacial score (nSPS) is 14.9. The fraction of sp³-hybridized carbons (Fsp3) is 0.526. The van der Waals surface area contributed by atoms with Gasteiger partial charge < -0.3 is 15.2 Å². The summed E-state index contributed by atoms with van der Waals surface area (Å²) in [6.07, 6.45) is -9.51. The lowest BCUT2D eigenvalue weighted by atomic mass is 9.90. The van der Waals surface area contributed by atoms with Crippen molar-refractivity contribution in [1.82, 2.24) is 5.32 Å². The lowest BCUT2D eigenvalue weighted by molar-refractivity contribution is -0.449. The summed E-state index contributed by atoms with van der Waals surface area (Å²) in [4.78, 5) is 34.3. The molecule has 0 aliphatic heterocycles. The third kappa shape index (κ3) is 5.86. The van der Waals surface area contributed by atoms with Gasteiger partial charge >= 0.3 is 53.7 Å². The van der Waals surface area contributed by atoms with Crippen LogP contribution in [0.15, 0.2) is 30.3 Å². The summed E-state index contributed by atoms with van der Waals surface area (Å²) in [6.45, 7) is -0.619. The lowest BCUT2D eigenvalue weighted by Crippen LogP contribution is -2.74. The Morgan fingerprint density at radius 1 is 0.700 bits per heavy atom. The minimum absolute atomic E-state index is 0.244. The third-order valence-electron chi connectivity index (χ3n) is 4.83. The number of aliphatic carboxylic acids is 1. The molecule has 0 fully saturated rings. The first-order chi connectivity index (χ1) is 17.7. The first kappa shape index (κ1) is 34.6. The van der Waals surface area contributed by atoms with Crippen molar-refractivity contribution >= 4 is 17.8 Å². The largest absolute Gasteiger partial charge is 0.480 e. The standard InChI is InChI=1S/C19H12F15NO5/c20-13(21,12(39)35-9(11(37)38)6-10(36)40-7-8-4-2-1-3-5-8)14(22,23)15(24,25)16(26,27)17(28,29)18(30,31)19(32,33)34/h1-5,9H,6-7H2,(H,35,39)(H,37,38). The van der Waals surface area contributed by atoms with Gasteiger partial charge in [0, 0.05) is 0 Å². The van der Waals surface area contributed by atoms with E-state index in [9.17, 15) is 80.2 Å². The minimum atomic E-state index is -8.63. The number of carboxylic acid groups (broad SMARTS) is 1. The molecule has 21 heteroatoms. The van der Waals surface area contributed by atoms with Gasteiger partial charge in [-0.3, -0.25) is 9.59 Å². The van der Waals surface area contributed by atoms with E-state index in [2.05, 4.69) is 4.74 Å². The Labute approximate surface area is 211 Å². The molecule has 6 nitrogen and oxygen atoms in total. The SMILES string of the molecule is O=C(CC(NC(=O)C(F)(F)C(F)(F)C(F)(F)C(F)(F)C(F)(F)C(F)(F)C(F)(F)F)C(=O)O)OCc1ccccc1. The number of carbonyl (C=O) groups excluding carboxylic acids is 2. The number of esters is 1. The van der Waals surface area contributed by atoms with Crippen molar-refractivity contribution in [1.29, 1.82) is 0 Å². The van der Waals surface area contributed by atoms with Crippen LogP contribution >= 0.6 is 0 Å². The molecule has 1 atom stereocenters. The molecule has 1 aromatic rings. The Morgan fingerprint density at radius 3 is 1.55 bits per heavy atom. The van der Waals surface area contributed by atoms with Crippen molar-refractivity contribution in [2.24, 2.45) is 0 Å². The maximum absolute atomic E-state index is 13.9. The molecular formula is C19H12F15NO5. The molecule has 0 aliphatic carbocycles. The van der Waals surface area contributed by atoms with Crippen molar-refractivity contribution in [3.05, 3.63) is 35.9 Å². The van der Waals surface area contributed by atoms with Gasteiger partial charge in [-0.25, -0.2) is 4.79 Å². The van der Waals surface area contributed by atoms with Crippen molar-refractivity contribution < 1.29 is 90.1 Å². The lowest BCUT2D eigenvalue weighted by Gasteiger charge is -2.41. The molecule has 1 aromatic carbocycles. The van der Waals surface area contributed by atoms with E-state index in [0.29, 0.717) is 5.32 Å². The van der Waals surface area contributed by atoms with Gasteiger partial charge in [0.15, 0.2) is 0 Å². The monoisotopic (exact) mass is 619 g/mol. The number of alkyl halides is 15. The van der Waals surface area contributed by atoms with Crippen molar-refractivity contribution in [2.75, 3.05) is 0 Å². The van der Waals surface area contributed by atoms with E-state index >= 15 is 0 Å². The molecule has 1 unspecified atom stereocenters. The van der Waals surface area contributed by atoms with Gasteiger partial charge in [0.25, 0.3) is 5.91 Å². The number of carboxylic acids is 1. The molecule has 0 radical (unpaired) electrons. The van der Waals surface area contributed by atoms with Gasteiger partial charge in [0.1, 0.15) is 12.6 Å². The number of carbonyl (C=O) groups is 3. The number of hydrogen-bond acceptors (Lipinski definition) is 4. The van der Waals surface area contributed by atoms with E-state index in [4.69, 9.17) is 5.11 Å². The summed E-state index contributed by atoms with van der Waals surface area (Å²) in [6, 6.07) is 3.98. The number of nitrogens with one attached hydrogen (secondary N) is 1. The van der Waals surface area contributed by atoms with Crippen LogP contribution in [0.1, 0.15) is 12.0 Å². The highest BCUT2D eigenvalue weighted by Gasteiger charge is 2.94. The van der Waals surface area contributed by atoms with Crippen LogP contribution in [-0.2, 0) is 25.7 Å². The zero-order chi connectivity index (χ0) is 31.8. The molecule has 2 N–H and O–H groups in total. The smallest absolute Gasteiger partial charge is 0.460 e. The zero-order valence-electron chi connectivity index (χ0n) is 18.6. The number of ether oxygens (including phenoxy) is 1. The van der Waals surface area contributed by atoms with Crippen LogP contribution in [0.25, 0.3) is 0 Å². The highest BCUT2D eigenvalue weighted by molar-refractivity contribution is 5.91. The predicted molar refractivity (Wildman–Crippen MR) is 96.2 cm³/mol. The van der Waals surface area contributed by atoms with E-state index in [1.54, 1.807) is 0 Å². The number of hydrogen-bond donors (Lipinski definition) is 2. The van der Waals surface area contributed by atoms with Crippen LogP contribution in [-0.4, -0.2) is 70.7 Å². The summed E-state index contributed by atoms with van der Waals surface area (Å²) in [7, 11) is 0. The van der Waals surface area contributed by atoms with Gasteiger partial charge in [0.05, 0.1) is 6.42 Å². The molecule has 0 aromatic heterocycles. The van der Waals surface area contributed by atoms with Crippen molar-refractivity contribution in [3.8, 4) is 0 Å². The van der Waals surface area contributed by atoms with E-state index in [1.165, 1.54) is 30.3 Å². The zero-order valence-corrected chi connectivity index (χ0v) is 18.6. The van der Waals surface area contributed by atoms with Crippen molar-refractivity contribution in [3.63, 3.8) is 0 Å². The summed E-state index contributed by atoms with van der Waals surface area (Å²) < 4.78 is 203. The summed E-state index contributed by atoms with van der Waals surface area (Å²) in [5.41, 5.74) is 0.244. The number of amides is 1. The van der Waals surface area contributed by atoms with Gasteiger partial charge in [-0.15, -0.1) is 0 Å². The molecule has 0 aliphatic rings. The molecule has 0 bridgehead atoms. The molecule has 0 heterocycles. The molecule has 228 valence electrons. The van der Waals surface area contributed by atoms with Crippen LogP contribution in [0.4, 0.5) is 65.9 Å². The Balaban J connectivity index is 3.26. The van der Waals surface area contributed by atoms with Gasteiger partial charge in [-0.05, 0) is 5.56 Å². The average Bonchev–Trinajstić information content (AvgIpc) is 2.81. The van der Waals surface area contributed by atoms with Gasteiger partial charge in [-0.1, -0.05) is 30.3 Å². The fourth-order valence-electron chi connectivity index (χ4n) is 2.52. The second kappa shape index (κ2) is 10.9. The molecule has 0 spiro atoms. The van der Waals surface area contributed by atoms with E-state index < -0.39 is 78.6 Å². The molecule has 40 heavy (non-hydrogen) atoms. The maximum atomic E-state index is 13.9. The predicted octanol–water partition coefficient (Wildman–Crippen LogP) is 5.06.